The standard InChI is InChI=1S/C35H25BN2O/c1-4-13-28-22(8-1)23-10-7-12-27-34(23)38(28)31-20-25(21-16-18-39-19-17-21)32-24-9-2-5-14-29(24)37-30-15-6-3-11-26(30)36(27)33(31)35(32)37/h1-15,20-21H,16-19H2. The first kappa shape index (κ1) is 20.7. The lowest BCUT2D eigenvalue weighted by Crippen LogP contribution is -2.59. The summed E-state index contributed by atoms with van der Waals surface area (Å²) in [5.41, 5.74) is 13.8. The number of hydrogen-bond acceptors (Lipinski definition) is 1. The summed E-state index contributed by atoms with van der Waals surface area (Å²) in [6, 6.07) is 36.6. The van der Waals surface area contributed by atoms with E-state index in [0.717, 1.165) is 26.1 Å². The second-order valence-electron chi connectivity index (χ2n) is 11.4. The molecule has 0 N–H and O–H groups in total. The molecule has 0 unspecified atom stereocenters. The van der Waals surface area contributed by atoms with Crippen molar-refractivity contribution in [3.05, 3.63) is 103 Å². The lowest BCUT2D eigenvalue weighted by molar-refractivity contribution is 0.0856. The van der Waals surface area contributed by atoms with Crippen LogP contribution in [0.25, 0.3) is 55.0 Å². The summed E-state index contributed by atoms with van der Waals surface area (Å²) in [6.45, 7) is 1.89. The van der Waals surface area contributed by atoms with Crippen molar-refractivity contribution in [3.8, 4) is 11.4 Å². The summed E-state index contributed by atoms with van der Waals surface area (Å²) in [7, 11) is 0. The number of aromatic nitrogens is 2. The summed E-state index contributed by atoms with van der Waals surface area (Å²) in [6.07, 6.45) is 2.15. The zero-order valence-corrected chi connectivity index (χ0v) is 21.5. The second kappa shape index (κ2) is 7.22. The molecule has 0 spiro atoms. The molecule has 0 amide bonds. The van der Waals surface area contributed by atoms with Gasteiger partial charge in [0.2, 0.25) is 0 Å². The third-order valence-electron chi connectivity index (χ3n) is 9.70. The number of para-hydroxylation sites is 4. The van der Waals surface area contributed by atoms with E-state index >= 15 is 0 Å². The maximum atomic E-state index is 5.84. The minimum absolute atomic E-state index is 0.208. The molecule has 7 aromatic rings. The summed E-state index contributed by atoms with van der Waals surface area (Å²) < 4.78 is 11.0. The highest BCUT2D eigenvalue weighted by Gasteiger charge is 2.41. The highest BCUT2D eigenvalue weighted by atomic mass is 16.5. The molecule has 5 aromatic carbocycles. The molecule has 3 nitrogen and oxygen atoms in total. The predicted molar refractivity (Wildman–Crippen MR) is 163 cm³/mol. The van der Waals surface area contributed by atoms with Gasteiger partial charge in [-0.15, -0.1) is 0 Å². The number of nitrogens with zero attached hydrogens (tertiary/aromatic N) is 2. The van der Waals surface area contributed by atoms with Crippen molar-refractivity contribution in [2.75, 3.05) is 13.2 Å². The summed E-state index contributed by atoms with van der Waals surface area (Å²) in [5, 5.41) is 5.50. The van der Waals surface area contributed by atoms with Crippen molar-refractivity contribution in [1.82, 2.24) is 9.13 Å². The van der Waals surface area contributed by atoms with E-state index in [1.807, 2.05) is 0 Å². The van der Waals surface area contributed by atoms with Gasteiger partial charge in [-0.3, -0.25) is 0 Å². The molecular weight excluding hydrogens is 475 g/mol. The number of rotatable bonds is 1. The highest BCUT2D eigenvalue weighted by Crippen LogP contribution is 2.44. The molecular formula is C35H25BN2O. The Balaban J connectivity index is 1.50. The maximum absolute atomic E-state index is 5.84. The second-order valence-corrected chi connectivity index (χ2v) is 11.4. The van der Waals surface area contributed by atoms with Crippen LogP contribution in [0, 0.1) is 0 Å². The van der Waals surface area contributed by atoms with Crippen molar-refractivity contribution in [2.45, 2.75) is 18.8 Å². The molecule has 0 saturated carbocycles. The molecule has 0 aliphatic carbocycles. The zero-order chi connectivity index (χ0) is 25.2. The normalized spacial score (nSPS) is 16.1. The van der Waals surface area contributed by atoms with Gasteiger partial charge in [-0.25, -0.2) is 0 Å². The van der Waals surface area contributed by atoms with E-state index in [2.05, 4.69) is 106 Å². The summed E-state index contributed by atoms with van der Waals surface area (Å²) in [5.74, 6) is 0.494. The van der Waals surface area contributed by atoms with Crippen LogP contribution in [0.5, 0.6) is 0 Å². The molecule has 3 aliphatic rings. The SMILES string of the molecule is c1ccc2c(c1)B1c3cccc4c5ccccc5n(c34)-c3cc(C4CCOCC4)c4c5ccccc5n-2c4c31. The van der Waals surface area contributed by atoms with E-state index < -0.39 is 0 Å². The molecule has 4 heteroatoms. The third-order valence-corrected chi connectivity index (χ3v) is 9.70. The van der Waals surface area contributed by atoms with Crippen molar-refractivity contribution in [2.24, 2.45) is 0 Å². The number of ether oxygens (including phenoxy) is 1. The fraction of sp³-hybridized carbons (Fsp3) is 0.143. The molecule has 3 aliphatic heterocycles. The van der Waals surface area contributed by atoms with Gasteiger partial charge in [0.15, 0.2) is 0 Å². The topological polar surface area (TPSA) is 19.1 Å². The van der Waals surface area contributed by atoms with E-state index in [1.54, 1.807) is 0 Å². The first-order chi connectivity index (χ1) is 19.4. The third kappa shape index (κ3) is 2.41. The van der Waals surface area contributed by atoms with Gasteiger partial charge in [-0.05, 0) is 65.0 Å². The molecule has 0 atom stereocenters. The zero-order valence-electron chi connectivity index (χ0n) is 21.5. The molecule has 10 rings (SSSR count). The Labute approximate surface area is 226 Å². The summed E-state index contributed by atoms with van der Waals surface area (Å²) in [4.78, 5) is 0. The fourth-order valence-electron chi connectivity index (χ4n) is 8.20. The lowest BCUT2D eigenvalue weighted by Gasteiger charge is -2.34. The van der Waals surface area contributed by atoms with E-state index in [1.165, 1.54) is 76.9 Å². The van der Waals surface area contributed by atoms with Crippen molar-refractivity contribution < 1.29 is 4.74 Å². The van der Waals surface area contributed by atoms with Crippen LogP contribution in [0.3, 0.4) is 0 Å². The lowest BCUT2D eigenvalue weighted by atomic mass is 9.34. The van der Waals surface area contributed by atoms with Crippen molar-refractivity contribution >= 4 is 66.7 Å². The molecule has 0 radical (unpaired) electrons. The monoisotopic (exact) mass is 500 g/mol. The number of benzene rings is 5. The van der Waals surface area contributed by atoms with Crippen LogP contribution >= 0.6 is 0 Å². The Kier molecular flexibility index (Phi) is 3.82. The molecule has 5 heterocycles. The predicted octanol–water partition coefficient (Wildman–Crippen LogP) is 5.92. The van der Waals surface area contributed by atoms with E-state index in [0.29, 0.717) is 5.92 Å². The van der Waals surface area contributed by atoms with E-state index in [4.69, 9.17) is 4.74 Å². The molecule has 184 valence electrons. The number of fused-ring (bicyclic) bond motifs is 11. The minimum atomic E-state index is 0.208. The van der Waals surface area contributed by atoms with Gasteiger partial charge in [-0.2, -0.15) is 0 Å². The van der Waals surface area contributed by atoms with Gasteiger partial charge in [0.05, 0.1) is 16.6 Å². The van der Waals surface area contributed by atoms with Gasteiger partial charge in [0.25, 0.3) is 6.71 Å². The number of hydrogen-bond donors (Lipinski definition) is 0. The van der Waals surface area contributed by atoms with Crippen molar-refractivity contribution in [3.63, 3.8) is 0 Å². The van der Waals surface area contributed by atoms with Crippen LogP contribution in [-0.2, 0) is 4.74 Å². The molecule has 1 saturated heterocycles. The highest BCUT2D eigenvalue weighted by molar-refractivity contribution is 7.00. The van der Waals surface area contributed by atoms with E-state index in [-0.39, 0.29) is 6.71 Å². The van der Waals surface area contributed by atoms with E-state index in [9.17, 15) is 0 Å². The molecule has 2 aromatic heterocycles. The van der Waals surface area contributed by atoms with Crippen LogP contribution in [0.4, 0.5) is 0 Å². The molecule has 0 bridgehead atoms. The molecule has 1 fully saturated rings. The van der Waals surface area contributed by atoms with Gasteiger partial charge in [-0.1, -0.05) is 72.8 Å². The molecule has 39 heavy (non-hydrogen) atoms. The van der Waals surface area contributed by atoms with Gasteiger partial charge in [0.1, 0.15) is 0 Å². The smallest absolute Gasteiger partial charge is 0.252 e. The van der Waals surface area contributed by atoms with Crippen LogP contribution in [0.15, 0.2) is 97.1 Å². The Morgan fingerprint density at radius 1 is 0.615 bits per heavy atom. The van der Waals surface area contributed by atoms with Crippen LogP contribution in [0.1, 0.15) is 24.3 Å². The quantitative estimate of drug-likeness (QED) is 0.256. The van der Waals surface area contributed by atoms with Crippen LogP contribution in [-0.4, -0.2) is 29.1 Å². The first-order valence-electron chi connectivity index (χ1n) is 14.2. The van der Waals surface area contributed by atoms with Gasteiger partial charge < -0.3 is 13.9 Å². The van der Waals surface area contributed by atoms with Crippen LogP contribution < -0.4 is 16.4 Å². The van der Waals surface area contributed by atoms with Crippen molar-refractivity contribution in [1.29, 1.82) is 0 Å². The Morgan fingerprint density at radius 2 is 1.28 bits per heavy atom. The fourth-order valence-corrected chi connectivity index (χ4v) is 8.20. The maximum Gasteiger partial charge on any atom is 0.252 e. The largest absolute Gasteiger partial charge is 0.381 e. The van der Waals surface area contributed by atoms with Crippen LogP contribution in [0.2, 0.25) is 0 Å². The Hall–Kier alpha value is -4.28. The Bertz CT molecular complexity index is 2180. The van der Waals surface area contributed by atoms with Gasteiger partial charge >= 0.3 is 0 Å². The Morgan fingerprint density at radius 3 is 2.15 bits per heavy atom. The van der Waals surface area contributed by atoms with Gasteiger partial charge in [0, 0.05) is 51.7 Å². The average molecular weight is 500 g/mol. The average Bonchev–Trinajstić information content (AvgIpc) is 3.53. The minimum Gasteiger partial charge on any atom is -0.381 e. The first-order valence-corrected chi connectivity index (χ1v) is 14.2. The summed E-state index contributed by atoms with van der Waals surface area (Å²) >= 11 is 0.